The van der Waals surface area contributed by atoms with Gasteiger partial charge in [0.05, 0.1) is 18.2 Å². The molecule has 1 aliphatic heterocycles. The minimum Gasteiger partial charge on any atom is -0.334 e. The predicted octanol–water partition coefficient (Wildman–Crippen LogP) is 2.98. The summed E-state index contributed by atoms with van der Waals surface area (Å²) in [4.78, 5) is 19.4. The molecule has 0 aromatic carbocycles. The monoisotopic (exact) mass is 336 g/mol. The van der Waals surface area contributed by atoms with E-state index in [1.54, 1.807) is 6.20 Å². The minimum atomic E-state index is 0.206. The summed E-state index contributed by atoms with van der Waals surface area (Å²) < 4.78 is 0. The number of fused-ring (bicyclic) bond motifs is 1. The third kappa shape index (κ3) is 2.32. The number of rotatable bonds is 3. The molecule has 5 nitrogen and oxygen atoms in total. The van der Waals surface area contributed by atoms with Crippen molar-refractivity contribution in [1.82, 2.24) is 20.1 Å². The molecule has 0 radical (unpaired) electrons. The predicted molar refractivity (Wildman–Crippen MR) is 93.9 cm³/mol. The van der Waals surface area contributed by atoms with Crippen LogP contribution in [0.2, 0.25) is 0 Å². The minimum absolute atomic E-state index is 0.206. The fourth-order valence-electron chi connectivity index (χ4n) is 5.04. The van der Waals surface area contributed by atoms with Gasteiger partial charge in [0.25, 0.3) is 0 Å². The molecule has 2 fully saturated rings. The molecule has 1 unspecified atom stereocenters. The van der Waals surface area contributed by atoms with Crippen molar-refractivity contribution in [2.75, 3.05) is 6.54 Å². The summed E-state index contributed by atoms with van der Waals surface area (Å²) >= 11 is 0. The van der Waals surface area contributed by atoms with E-state index in [0.717, 1.165) is 25.1 Å². The summed E-state index contributed by atoms with van der Waals surface area (Å²) in [5.74, 6) is 0.214. The highest BCUT2D eigenvalue weighted by Crippen LogP contribution is 2.60. The van der Waals surface area contributed by atoms with Gasteiger partial charge in [-0.2, -0.15) is 5.10 Å². The smallest absolute Gasteiger partial charge is 0.229 e. The number of hydrogen-bond donors (Lipinski definition) is 1. The molecule has 0 bridgehead atoms. The Bertz CT molecular complexity index is 793. The standard InChI is InChI=1S/C20H24N4O/c25-18(11-17-15-6-1-2-7-16(15)22-23-17)24-13-20(8-4-9-20)19(24)14-5-3-10-21-12-14/h3,5,10,12,19H,1-2,4,6-9,11,13H2,(H,22,23). The van der Waals surface area contributed by atoms with E-state index >= 15 is 0 Å². The lowest BCUT2D eigenvalue weighted by Crippen LogP contribution is -2.63. The fraction of sp³-hybridized carbons (Fsp3) is 0.550. The van der Waals surface area contributed by atoms with Crippen LogP contribution in [0.25, 0.3) is 0 Å². The highest BCUT2D eigenvalue weighted by atomic mass is 16.2. The van der Waals surface area contributed by atoms with Crippen LogP contribution >= 0.6 is 0 Å². The Morgan fingerprint density at radius 2 is 2.16 bits per heavy atom. The van der Waals surface area contributed by atoms with Gasteiger partial charge in [-0.15, -0.1) is 0 Å². The summed E-state index contributed by atoms with van der Waals surface area (Å²) in [5.41, 5.74) is 5.02. The number of aryl methyl sites for hydroxylation is 1. The van der Waals surface area contributed by atoms with Crippen molar-refractivity contribution in [2.45, 2.75) is 57.4 Å². The molecule has 2 aromatic rings. The number of nitrogens with zero attached hydrogens (tertiary/aromatic N) is 3. The Labute approximate surface area is 147 Å². The molecule has 1 saturated heterocycles. The maximum absolute atomic E-state index is 13.0. The Kier molecular flexibility index (Phi) is 3.43. The molecule has 3 aliphatic rings. The van der Waals surface area contributed by atoms with Gasteiger partial charge in [-0.3, -0.25) is 14.9 Å². The number of nitrogens with one attached hydrogen (secondary N) is 1. The molecule has 2 aromatic heterocycles. The first-order valence-electron chi connectivity index (χ1n) is 9.51. The molecule has 130 valence electrons. The van der Waals surface area contributed by atoms with Crippen molar-refractivity contribution in [3.8, 4) is 0 Å². The highest BCUT2D eigenvalue weighted by Gasteiger charge is 2.57. The Hall–Kier alpha value is -2.17. The van der Waals surface area contributed by atoms with E-state index in [2.05, 4.69) is 26.1 Å². The maximum atomic E-state index is 13.0. The lowest BCUT2D eigenvalue weighted by atomic mass is 9.56. The molecule has 3 heterocycles. The van der Waals surface area contributed by atoms with E-state index in [4.69, 9.17) is 0 Å². The molecule has 1 spiro atoms. The zero-order chi connectivity index (χ0) is 16.9. The fourth-order valence-corrected chi connectivity index (χ4v) is 5.04. The van der Waals surface area contributed by atoms with Crippen LogP contribution in [-0.4, -0.2) is 32.5 Å². The number of pyridine rings is 1. The quantitative estimate of drug-likeness (QED) is 0.937. The van der Waals surface area contributed by atoms with E-state index in [0.29, 0.717) is 11.8 Å². The molecule has 2 aliphatic carbocycles. The third-order valence-electron chi connectivity index (χ3n) is 6.51. The Morgan fingerprint density at radius 1 is 1.28 bits per heavy atom. The average Bonchev–Trinajstić information content (AvgIpc) is 2.97. The van der Waals surface area contributed by atoms with Crippen LogP contribution < -0.4 is 0 Å². The SMILES string of the molecule is O=C(Cc1n[nH]c2c1CCCC2)N1CC2(CCC2)C1c1cccnc1. The molecule has 25 heavy (non-hydrogen) atoms. The van der Waals surface area contributed by atoms with E-state index in [1.165, 1.54) is 48.9 Å². The number of aromatic nitrogens is 3. The number of carbonyl (C=O) groups excluding carboxylic acids is 1. The second-order valence-electron chi connectivity index (χ2n) is 7.94. The van der Waals surface area contributed by atoms with Crippen LogP contribution in [0, 0.1) is 5.41 Å². The number of H-pyrrole nitrogens is 1. The zero-order valence-electron chi connectivity index (χ0n) is 14.5. The van der Waals surface area contributed by atoms with Crippen molar-refractivity contribution in [1.29, 1.82) is 0 Å². The number of carbonyl (C=O) groups is 1. The van der Waals surface area contributed by atoms with Crippen molar-refractivity contribution >= 4 is 5.91 Å². The van der Waals surface area contributed by atoms with E-state index in [9.17, 15) is 4.79 Å². The summed E-state index contributed by atoms with van der Waals surface area (Å²) in [5, 5.41) is 7.62. The first-order chi connectivity index (χ1) is 12.3. The summed E-state index contributed by atoms with van der Waals surface area (Å²) in [7, 11) is 0. The lowest BCUT2D eigenvalue weighted by molar-refractivity contribution is -0.168. The van der Waals surface area contributed by atoms with E-state index in [-0.39, 0.29) is 11.9 Å². The maximum Gasteiger partial charge on any atom is 0.229 e. The lowest BCUT2D eigenvalue weighted by Gasteiger charge is -2.62. The number of likely N-dealkylation sites (tertiary alicyclic amines) is 1. The second kappa shape index (κ2) is 5.68. The first kappa shape index (κ1) is 15.1. The van der Waals surface area contributed by atoms with Crippen LogP contribution in [0.3, 0.4) is 0 Å². The van der Waals surface area contributed by atoms with Gasteiger partial charge >= 0.3 is 0 Å². The molecule has 5 heteroatoms. The molecule has 5 rings (SSSR count). The van der Waals surface area contributed by atoms with Crippen molar-refractivity contribution < 1.29 is 4.79 Å². The van der Waals surface area contributed by atoms with Gasteiger partial charge in [0, 0.05) is 30.0 Å². The normalized spacial score (nSPS) is 23.7. The third-order valence-corrected chi connectivity index (χ3v) is 6.51. The number of amides is 1. The Morgan fingerprint density at radius 3 is 2.92 bits per heavy atom. The van der Waals surface area contributed by atoms with Crippen LogP contribution in [-0.2, 0) is 24.1 Å². The average molecular weight is 336 g/mol. The van der Waals surface area contributed by atoms with Gasteiger partial charge in [0.2, 0.25) is 5.91 Å². The molecule has 1 saturated carbocycles. The number of hydrogen-bond acceptors (Lipinski definition) is 3. The summed E-state index contributed by atoms with van der Waals surface area (Å²) in [6.45, 7) is 0.901. The van der Waals surface area contributed by atoms with Gasteiger partial charge in [-0.05, 0) is 55.7 Å². The highest BCUT2D eigenvalue weighted by molar-refractivity contribution is 5.80. The van der Waals surface area contributed by atoms with Crippen molar-refractivity contribution in [2.24, 2.45) is 5.41 Å². The van der Waals surface area contributed by atoms with Gasteiger partial charge < -0.3 is 4.90 Å². The van der Waals surface area contributed by atoms with Gasteiger partial charge in [0.1, 0.15) is 0 Å². The first-order valence-corrected chi connectivity index (χ1v) is 9.51. The van der Waals surface area contributed by atoms with Crippen LogP contribution in [0.15, 0.2) is 24.5 Å². The number of aromatic amines is 1. The largest absolute Gasteiger partial charge is 0.334 e. The van der Waals surface area contributed by atoms with Crippen LogP contribution in [0.1, 0.15) is 60.7 Å². The summed E-state index contributed by atoms with van der Waals surface area (Å²) in [6.07, 6.45) is 12.5. The molecule has 1 atom stereocenters. The van der Waals surface area contributed by atoms with Gasteiger partial charge in [-0.25, -0.2) is 0 Å². The van der Waals surface area contributed by atoms with Gasteiger partial charge in [0.15, 0.2) is 0 Å². The van der Waals surface area contributed by atoms with E-state index in [1.807, 2.05) is 12.3 Å². The summed E-state index contributed by atoms with van der Waals surface area (Å²) in [6, 6.07) is 4.30. The van der Waals surface area contributed by atoms with Crippen LogP contribution in [0.4, 0.5) is 0 Å². The van der Waals surface area contributed by atoms with Crippen molar-refractivity contribution in [3.05, 3.63) is 47.0 Å². The second-order valence-corrected chi connectivity index (χ2v) is 7.94. The zero-order valence-corrected chi connectivity index (χ0v) is 14.5. The Balaban J connectivity index is 1.37. The van der Waals surface area contributed by atoms with Crippen molar-refractivity contribution in [3.63, 3.8) is 0 Å². The van der Waals surface area contributed by atoms with Gasteiger partial charge in [-0.1, -0.05) is 12.5 Å². The molecular formula is C20H24N4O. The topological polar surface area (TPSA) is 61.9 Å². The van der Waals surface area contributed by atoms with Crippen LogP contribution in [0.5, 0.6) is 0 Å². The molecular weight excluding hydrogens is 312 g/mol. The molecule has 1 N–H and O–H groups in total. The molecule has 1 amide bonds. The van der Waals surface area contributed by atoms with E-state index < -0.39 is 0 Å².